The fourth-order valence-corrected chi connectivity index (χ4v) is 4.08. The van der Waals surface area contributed by atoms with E-state index in [9.17, 15) is 9.90 Å². The van der Waals surface area contributed by atoms with Gasteiger partial charge in [-0.05, 0) is 35.7 Å². The van der Waals surface area contributed by atoms with E-state index in [0.29, 0.717) is 18.4 Å². The van der Waals surface area contributed by atoms with Gasteiger partial charge in [0.1, 0.15) is 11.3 Å². The van der Waals surface area contributed by atoms with Crippen molar-refractivity contribution in [2.24, 2.45) is 0 Å². The minimum atomic E-state index is 0.184. The average molecular weight is 410 g/mol. The molecule has 0 unspecified atom stereocenters. The van der Waals surface area contributed by atoms with Crippen molar-refractivity contribution in [2.75, 3.05) is 26.2 Å². The maximum Gasteiger partial charge on any atom is 0.222 e. The number of hydrogen-bond donors (Lipinski definition) is 1. The minimum absolute atomic E-state index is 0.184. The van der Waals surface area contributed by atoms with Gasteiger partial charge in [-0.1, -0.05) is 41.9 Å². The number of carbonyl (C=O) groups excluding carboxylic acids is 1. The van der Waals surface area contributed by atoms with Crippen molar-refractivity contribution in [1.29, 1.82) is 0 Å². The molecule has 0 bridgehead atoms. The summed E-state index contributed by atoms with van der Waals surface area (Å²) >= 11 is 6.19. The Morgan fingerprint density at radius 1 is 1.00 bits per heavy atom. The van der Waals surface area contributed by atoms with E-state index in [2.05, 4.69) is 9.88 Å². The van der Waals surface area contributed by atoms with Crippen molar-refractivity contribution < 1.29 is 9.90 Å². The average Bonchev–Trinajstić information content (AvgIpc) is 2.76. The summed E-state index contributed by atoms with van der Waals surface area (Å²) in [6.45, 7) is 3.91. The molecule has 4 rings (SSSR count). The zero-order chi connectivity index (χ0) is 20.2. The Balaban J connectivity index is 1.32. The predicted molar refractivity (Wildman–Crippen MR) is 115 cm³/mol. The number of rotatable bonds is 5. The highest BCUT2D eigenvalue weighted by Crippen LogP contribution is 2.26. The summed E-state index contributed by atoms with van der Waals surface area (Å²) in [5.74, 6) is 0.391. The number of hydrogen-bond acceptors (Lipinski definition) is 4. The zero-order valence-electron chi connectivity index (χ0n) is 16.2. The van der Waals surface area contributed by atoms with Crippen molar-refractivity contribution in [2.45, 2.75) is 19.4 Å². The highest BCUT2D eigenvalue weighted by atomic mass is 35.5. The third-order valence-electron chi connectivity index (χ3n) is 5.52. The third kappa shape index (κ3) is 4.52. The molecule has 29 heavy (non-hydrogen) atoms. The second-order valence-corrected chi connectivity index (χ2v) is 7.80. The van der Waals surface area contributed by atoms with Crippen molar-refractivity contribution in [1.82, 2.24) is 14.8 Å². The molecule has 1 amide bonds. The summed E-state index contributed by atoms with van der Waals surface area (Å²) in [6, 6.07) is 15.2. The lowest BCUT2D eigenvalue weighted by atomic mass is 10.1. The smallest absolute Gasteiger partial charge is 0.222 e. The SMILES string of the molecule is O=C(CCc1ccccc1Cl)N1CCN(Cc2ccc(O)c3ncccc23)CC1. The molecule has 2 aromatic carbocycles. The summed E-state index contributed by atoms with van der Waals surface area (Å²) in [6.07, 6.45) is 2.85. The van der Waals surface area contributed by atoms with Gasteiger partial charge in [0, 0.05) is 55.8 Å². The lowest BCUT2D eigenvalue weighted by Crippen LogP contribution is -2.48. The third-order valence-corrected chi connectivity index (χ3v) is 5.89. The van der Waals surface area contributed by atoms with Gasteiger partial charge < -0.3 is 10.0 Å². The number of fused-ring (bicyclic) bond motifs is 1. The lowest BCUT2D eigenvalue weighted by Gasteiger charge is -2.35. The van der Waals surface area contributed by atoms with Crippen LogP contribution >= 0.6 is 11.6 Å². The number of carbonyl (C=O) groups is 1. The second-order valence-electron chi connectivity index (χ2n) is 7.39. The Labute approximate surface area is 175 Å². The molecule has 2 heterocycles. The summed E-state index contributed by atoms with van der Waals surface area (Å²) in [5.41, 5.74) is 2.80. The number of benzene rings is 2. The van der Waals surface area contributed by atoms with Gasteiger partial charge >= 0.3 is 0 Å². The van der Waals surface area contributed by atoms with Crippen LogP contribution in [0.25, 0.3) is 10.9 Å². The summed E-state index contributed by atoms with van der Waals surface area (Å²) in [4.78, 5) is 21.2. The van der Waals surface area contributed by atoms with Gasteiger partial charge in [-0.3, -0.25) is 14.7 Å². The van der Waals surface area contributed by atoms with Gasteiger partial charge in [0.25, 0.3) is 0 Å². The fraction of sp³-hybridized carbons (Fsp3) is 0.304. The summed E-state index contributed by atoms with van der Waals surface area (Å²) in [7, 11) is 0. The van der Waals surface area contributed by atoms with E-state index in [1.54, 1.807) is 12.3 Å². The number of piperazine rings is 1. The number of aromatic nitrogens is 1. The number of phenols is 1. The normalized spacial score (nSPS) is 15.0. The van der Waals surface area contributed by atoms with Gasteiger partial charge in [-0.25, -0.2) is 0 Å². The predicted octanol–water partition coefficient (Wildman–Crippen LogP) is 3.87. The van der Waals surface area contributed by atoms with Crippen LogP contribution < -0.4 is 0 Å². The van der Waals surface area contributed by atoms with E-state index in [0.717, 1.165) is 54.3 Å². The van der Waals surface area contributed by atoms with Gasteiger partial charge in [0.05, 0.1) is 0 Å². The van der Waals surface area contributed by atoms with E-state index < -0.39 is 0 Å². The molecular formula is C23H24ClN3O2. The Morgan fingerprint density at radius 2 is 1.79 bits per heavy atom. The van der Waals surface area contributed by atoms with Crippen LogP contribution in [-0.2, 0) is 17.8 Å². The molecule has 1 fully saturated rings. The maximum absolute atomic E-state index is 12.6. The molecule has 1 saturated heterocycles. The zero-order valence-corrected chi connectivity index (χ0v) is 17.0. The van der Waals surface area contributed by atoms with Crippen molar-refractivity contribution in [3.05, 3.63) is 70.9 Å². The van der Waals surface area contributed by atoms with Gasteiger partial charge in [0.2, 0.25) is 5.91 Å². The Kier molecular flexibility index (Phi) is 5.97. The molecule has 150 valence electrons. The lowest BCUT2D eigenvalue weighted by molar-refractivity contribution is -0.133. The van der Waals surface area contributed by atoms with Crippen LogP contribution in [-0.4, -0.2) is 52.0 Å². The van der Waals surface area contributed by atoms with Crippen LogP contribution in [0.3, 0.4) is 0 Å². The molecular weight excluding hydrogens is 386 g/mol. The molecule has 0 spiro atoms. The topological polar surface area (TPSA) is 56.7 Å². The first kappa shape index (κ1) is 19.7. The number of aromatic hydroxyl groups is 1. The van der Waals surface area contributed by atoms with Crippen molar-refractivity contribution in [3.8, 4) is 5.75 Å². The second kappa shape index (κ2) is 8.80. The summed E-state index contributed by atoms with van der Waals surface area (Å²) < 4.78 is 0. The van der Waals surface area contributed by atoms with E-state index in [1.807, 2.05) is 47.4 Å². The minimum Gasteiger partial charge on any atom is -0.506 e. The van der Waals surface area contributed by atoms with Crippen LogP contribution in [0.1, 0.15) is 17.5 Å². The number of nitrogens with zero attached hydrogens (tertiary/aromatic N) is 3. The van der Waals surface area contributed by atoms with Crippen LogP contribution in [0.5, 0.6) is 5.75 Å². The number of amides is 1. The highest BCUT2D eigenvalue weighted by molar-refractivity contribution is 6.31. The number of halogens is 1. The van der Waals surface area contributed by atoms with Crippen LogP contribution in [0.15, 0.2) is 54.7 Å². The van der Waals surface area contributed by atoms with Gasteiger partial charge in [-0.2, -0.15) is 0 Å². The molecule has 0 aliphatic carbocycles. The number of pyridine rings is 1. The molecule has 0 saturated carbocycles. The first-order valence-electron chi connectivity index (χ1n) is 9.91. The number of aryl methyl sites for hydroxylation is 1. The highest BCUT2D eigenvalue weighted by Gasteiger charge is 2.21. The van der Waals surface area contributed by atoms with Gasteiger partial charge in [0.15, 0.2) is 0 Å². The van der Waals surface area contributed by atoms with E-state index in [4.69, 9.17) is 11.6 Å². The maximum atomic E-state index is 12.6. The Morgan fingerprint density at radius 3 is 2.59 bits per heavy atom. The van der Waals surface area contributed by atoms with Crippen LogP contribution in [0.2, 0.25) is 5.02 Å². The standard InChI is InChI=1S/C23H24ClN3O2/c24-20-6-2-1-4-17(20)8-10-22(29)27-14-12-26(13-15-27)16-18-7-9-21(28)23-19(18)5-3-11-25-23/h1-7,9,11,28H,8,10,12-16H2. The molecule has 1 aliphatic heterocycles. The molecule has 0 atom stereocenters. The quantitative estimate of drug-likeness (QED) is 0.695. The molecule has 1 aliphatic rings. The Hall–Kier alpha value is -2.63. The van der Waals surface area contributed by atoms with E-state index in [-0.39, 0.29) is 11.7 Å². The summed E-state index contributed by atoms with van der Waals surface area (Å²) in [5, 5.41) is 11.7. The molecule has 0 radical (unpaired) electrons. The Bertz CT molecular complexity index is 1020. The van der Waals surface area contributed by atoms with Gasteiger partial charge in [-0.15, -0.1) is 0 Å². The molecule has 3 aromatic rings. The molecule has 5 nitrogen and oxygen atoms in total. The first-order chi connectivity index (χ1) is 14.1. The largest absolute Gasteiger partial charge is 0.506 e. The van der Waals surface area contributed by atoms with E-state index >= 15 is 0 Å². The van der Waals surface area contributed by atoms with Crippen molar-refractivity contribution >= 4 is 28.4 Å². The number of phenolic OH excluding ortho intramolecular Hbond substituents is 1. The van der Waals surface area contributed by atoms with Crippen LogP contribution in [0.4, 0.5) is 0 Å². The van der Waals surface area contributed by atoms with Crippen LogP contribution in [0, 0.1) is 0 Å². The molecule has 6 heteroatoms. The fourth-order valence-electron chi connectivity index (χ4n) is 3.85. The molecule has 1 aromatic heterocycles. The monoisotopic (exact) mass is 409 g/mol. The van der Waals surface area contributed by atoms with E-state index in [1.165, 1.54) is 0 Å². The molecule has 1 N–H and O–H groups in total. The van der Waals surface area contributed by atoms with Crippen molar-refractivity contribution in [3.63, 3.8) is 0 Å². The first-order valence-corrected chi connectivity index (χ1v) is 10.3.